The summed E-state index contributed by atoms with van der Waals surface area (Å²) in [5.41, 5.74) is 6.80. The number of carbonyl (C=O) groups excluding carboxylic acids is 1. The first-order chi connectivity index (χ1) is 9.08. The molecular weight excluding hydrogens is 246 g/mol. The SMILES string of the molecule is CN(C)C(=O)c1ccc(NCc2cn[nH]c2N)nn1. The van der Waals surface area contributed by atoms with Gasteiger partial charge < -0.3 is 16.0 Å². The highest BCUT2D eigenvalue weighted by Gasteiger charge is 2.10. The third kappa shape index (κ3) is 2.97. The summed E-state index contributed by atoms with van der Waals surface area (Å²) in [6, 6.07) is 3.32. The van der Waals surface area contributed by atoms with E-state index in [0.29, 0.717) is 23.9 Å². The Morgan fingerprint density at radius 3 is 2.74 bits per heavy atom. The van der Waals surface area contributed by atoms with Gasteiger partial charge in [-0.05, 0) is 12.1 Å². The van der Waals surface area contributed by atoms with E-state index in [2.05, 4.69) is 25.7 Å². The Morgan fingerprint density at radius 2 is 2.21 bits per heavy atom. The molecule has 0 aromatic carbocycles. The van der Waals surface area contributed by atoms with Gasteiger partial charge in [-0.3, -0.25) is 9.89 Å². The average molecular weight is 261 g/mol. The van der Waals surface area contributed by atoms with Crippen molar-refractivity contribution in [2.45, 2.75) is 6.54 Å². The second-order valence-corrected chi connectivity index (χ2v) is 4.17. The molecule has 0 spiro atoms. The number of H-pyrrole nitrogens is 1. The van der Waals surface area contributed by atoms with Crippen molar-refractivity contribution >= 4 is 17.5 Å². The number of nitrogens with one attached hydrogen (secondary N) is 2. The van der Waals surface area contributed by atoms with Gasteiger partial charge in [0.2, 0.25) is 0 Å². The zero-order valence-corrected chi connectivity index (χ0v) is 10.7. The molecule has 2 aromatic rings. The number of aromatic amines is 1. The summed E-state index contributed by atoms with van der Waals surface area (Å²) in [6.45, 7) is 0.484. The Kier molecular flexibility index (Phi) is 3.60. The second kappa shape index (κ2) is 5.34. The third-order valence-corrected chi connectivity index (χ3v) is 2.50. The topological polar surface area (TPSA) is 113 Å². The maximum Gasteiger partial charge on any atom is 0.273 e. The Balaban J connectivity index is 1.99. The predicted molar refractivity (Wildman–Crippen MR) is 70.4 cm³/mol. The highest BCUT2D eigenvalue weighted by atomic mass is 16.2. The molecule has 0 fully saturated rings. The molecule has 2 heterocycles. The highest BCUT2D eigenvalue weighted by Crippen LogP contribution is 2.09. The standard InChI is InChI=1S/C11H15N7O/c1-18(2)11(19)8-3-4-9(16-15-8)13-5-7-6-14-17-10(7)12/h3-4,6H,5H2,1-2H3,(H,13,16)(H3,12,14,17). The van der Waals surface area contributed by atoms with E-state index in [1.54, 1.807) is 32.4 Å². The van der Waals surface area contributed by atoms with Crippen molar-refractivity contribution in [3.63, 3.8) is 0 Å². The Morgan fingerprint density at radius 1 is 1.42 bits per heavy atom. The number of carbonyl (C=O) groups is 1. The molecule has 0 atom stereocenters. The fraction of sp³-hybridized carbons (Fsp3) is 0.273. The highest BCUT2D eigenvalue weighted by molar-refractivity contribution is 5.91. The van der Waals surface area contributed by atoms with Crippen LogP contribution in [0.15, 0.2) is 18.3 Å². The van der Waals surface area contributed by atoms with E-state index in [1.807, 2.05) is 0 Å². The van der Waals surface area contributed by atoms with Gasteiger partial charge in [-0.15, -0.1) is 10.2 Å². The number of aromatic nitrogens is 4. The fourth-order valence-corrected chi connectivity index (χ4v) is 1.42. The monoisotopic (exact) mass is 261 g/mol. The number of hydrogen-bond acceptors (Lipinski definition) is 6. The van der Waals surface area contributed by atoms with Crippen molar-refractivity contribution in [3.8, 4) is 0 Å². The van der Waals surface area contributed by atoms with Crippen LogP contribution in [0.4, 0.5) is 11.6 Å². The second-order valence-electron chi connectivity index (χ2n) is 4.17. The molecule has 0 aliphatic carbocycles. The summed E-state index contributed by atoms with van der Waals surface area (Å²) < 4.78 is 0. The van der Waals surface area contributed by atoms with Crippen molar-refractivity contribution in [2.75, 3.05) is 25.1 Å². The fourth-order valence-electron chi connectivity index (χ4n) is 1.42. The van der Waals surface area contributed by atoms with Crippen LogP contribution in [0.2, 0.25) is 0 Å². The minimum Gasteiger partial charge on any atom is -0.384 e. The third-order valence-electron chi connectivity index (χ3n) is 2.50. The number of hydrogen-bond donors (Lipinski definition) is 3. The Hall–Kier alpha value is -2.64. The van der Waals surface area contributed by atoms with Crippen molar-refractivity contribution < 1.29 is 4.79 Å². The molecule has 4 N–H and O–H groups in total. The molecule has 8 heteroatoms. The lowest BCUT2D eigenvalue weighted by molar-refractivity contribution is 0.0821. The van der Waals surface area contributed by atoms with Crippen LogP contribution >= 0.6 is 0 Å². The normalized spacial score (nSPS) is 10.2. The molecule has 2 rings (SSSR count). The molecule has 2 aromatic heterocycles. The Labute approximate surface area is 110 Å². The van der Waals surface area contributed by atoms with E-state index in [-0.39, 0.29) is 5.91 Å². The zero-order valence-electron chi connectivity index (χ0n) is 10.7. The smallest absolute Gasteiger partial charge is 0.273 e. The molecule has 0 aliphatic rings. The molecule has 0 bridgehead atoms. The van der Waals surface area contributed by atoms with E-state index in [9.17, 15) is 4.79 Å². The summed E-state index contributed by atoms with van der Waals surface area (Å²) in [5, 5.41) is 17.3. The summed E-state index contributed by atoms with van der Waals surface area (Å²) in [6.07, 6.45) is 1.64. The summed E-state index contributed by atoms with van der Waals surface area (Å²) in [5.74, 6) is 0.897. The summed E-state index contributed by atoms with van der Waals surface area (Å²) >= 11 is 0. The molecule has 100 valence electrons. The van der Waals surface area contributed by atoms with Gasteiger partial charge in [0, 0.05) is 26.2 Å². The van der Waals surface area contributed by atoms with Crippen molar-refractivity contribution in [2.24, 2.45) is 0 Å². The van der Waals surface area contributed by atoms with Crippen molar-refractivity contribution in [3.05, 3.63) is 29.6 Å². The predicted octanol–water partition coefficient (Wildman–Crippen LogP) is 0.0958. The Bertz CT molecular complexity index is 561. The number of anilines is 2. The van der Waals surface area contributed by atoms with Crippen LogP contribution in [0.3, 0.4) is 0 Å². The van der Waals surface area contributed by atoms with Gasteiger partial charge in [0.25, 0.3) is 5.91 Å². The number of amides is 1. The van der Waals surface area contributed by atoms with Gasteiger partial charge in [0.15, 0.2) is 5.69 Å². The van der Waals surface area contributed by atoms with Crippen LogP contribution in [-0.2, 0) is 6.54 Å². The molecule has 1 amide bonds. The first-order valence-electron chi connectivity index (χ1n) is 5.65. The molecule has 0 aliphatic heterocycles. The van der Waals surface area contributed by atoms with Crippen LogP contribution in [0, 0.1) is 0 Å². The quantitative estimate of drug-likeness (QED) is 0.719. The van der Waals surface area contributed by atoms with Crippen LogP contribution in [-0.4, -0.2) is 45.3 Å². The van der Waals surface area contributed by atoms with Gasteiger partial charge in [0.1, 0.15) is 11.6 Å². The molecular formula is C11H15N7O. The molecule has 0 unspecified atom stereocenters. The van der Waals surface area contributed by atoms with Crippen LogP contribution < -0.4 is 11.1 Å². The van der Waals surface area contributed by atoms with Crippen molar-refractivity contribution in [1.82, 2.24) is 25.3 Å². The van der Waals surface area contributed by atoms with E-state index >= 15 is 0 Å². The summed E-state index contributed by atoms with van der Waals surface area (Å²) in [4.78, 5) is 13.1. The van der Waals surface area contributed by atoms with E-state index < -0.39 is 0 Å². The van der Waals surface area contributed by atoms with Crippen molar-refractivity contribution in [1.29, 1.82) is 0 Å². The molecule has 0 saturated heterocycles. The van der Waals surface area contributed by atoms with Gasteiger partial charge in [-0.25, -0.2) is 0 Å². The van der Waals surface area contributed by atoms with Crippen LogP contribution in [0.25, 0.3) is 0 Å². The molecule has 0 saturated carbocycles. The number of nitrogen functional groups attached to an aromatic ring is 1. The number of nitrogens with two attached hydrogens (primary N) is 1. The number of nitrogens with zero attached hydrogens (tertiary/aromatic N) is 4. The first kappa shape index (κ1) is 12.8. The number of rotatable bonds is 4. The molecule has 8 nitrogen and oxygen atoms in total. The van der Waals surface area contributed by atoms with Crippen LogP contribution in [0.5, 0.6) is 0 Å². The average Bonchev–Trinajstić information content (AvgIpc) is 2.81. The van der Waals surface area contributed by atoms with Gasteiger partial charge in [-0.2, -0.15) is 5.10 Å². The zero-order chi connectivity index (χ0) is 13.8. The van der Waals surface area contributed by atoms with Gasteiger partial charge in [0.05, 0.1) is 6.20 Å². The maximum absolute atomic E-state index is 11.6. The molecule has 19 heavy (non-hydrogen) atoms. The van der Waals surface area contributed by atoms with Gasteiger partial charge >= 0.3 is 0 Å². The molecule has 0 radical (unpaired) electrons. The minimum absolute atomic E-state index is 0.182. The lowest BCUT2D eigenvalue weighted by Crippen LogP contribution is -2.23. The van der Waals surface area contributed by atoms with E-state index in [1.165, 1.54) is 4.90 Å². The lowest BCUT2D eigenvalue weighted by atomic mass is 10.3. The lowest BCUT2D eigenvalue weighted by Gasteiger charge is -2.09. The maximum atomic E-state index is 11.6. The van der Waals surface area contributed by atoms with Crippen LogP contribution in [0.1, 0.15) is 16.1 Å². The minimum atomic E-state index is -0.182. The largest absolute Gasteiger partial charge is 0.384 e. The first-order valence-corrected chi connectivity index (χ1v) is 5.65. The van der Waals surface area contributed by atoms with E-state index in [4.69, 9.17) is 5.73 Å². The van der Waals surface area contributed by atoms with Gasteiger partial charge in [-0.1, -0.05) is 0 Å². The van der Waals surface area contributed by atoms with E-state index in [0.717, 1.165) is 5.56 Å². The summed E-state index contributed by atoms with van der Waals surface area (Å²) in [7, 11) is 3.33.